The number of amides is 1. The Kier molecular flexibility index (Phi) is 5.01. The molecule has 1 heterocycles. The molecule has 0 spiro atoms. The molecule has 1 N–H and O–H groups in total. The van der Waals surface area contributed by atoms with Crippen molar-refractivity contribution in [3.8, 4) is 0 Å². The van der Waals surface area contributed by atoms with Gasteiger partial charge in [0.2, 0.25) is 5.91 Å². The zero-order chi connectivity index (χ0) is 14.5. The summed E-state index contributed by atoms with van der Waals surface area (Å²) in [5.41, 5.74) is 2.19. The van der Waals surface area contributed by atoms with Gasteiger partial charge in [-0.25, -0.2) is 0 Å². The van der Waals surface area contributed by atoms with Crippen molar-refractivity contribution >= 4 is 21.8 Å². The van der Waals surface area contributed by atoms with E-state index in [1.165, 1.54) is 0 Å². The number of hydrogen-bond acceptors (Lipinski definition) is 2. The molecule has 106 valence electrons. The molecule has 4 heteroatoms. The lowest BCUT2D eigenvalue weighted by Gasteiger charge is -2.06. The van der Waals surface area contributed by atoms with Gasteiger partial charge in [-0.05, 0) is 38.0 Å². The van der Waals surface area contributed by atoms with Gasteiger partial charge in [0, 0.05) is 23.0 Å². The quantitative estimate of drug-likeness (QED) is 0.900. The van der Waals surface area contributed by atoms with E-state index in [1.807, 2.05) is 44.2 Å². The molecule has 2 aromatic rings. The van der Waals surface area contributed by atoms with Gasteiger partial charge in [0.1, 0.15) is 11.5 Å². The topological polar surface area (TPSA) is 42.2 Å². The van der Waals surface area contributed by atoms with Crippen molar-refractivity contribution in [2.24, 2.45) is 0 Å². The van der Waals surface area contributed by atoms with Crippen LogP contribution in [0.4, 0.5) is 0 Å². The van der Waals surface area contributed by atoms with Crippen LogP contribution in [-0.2, 0) is 17.8 Å². The third-order valence-electron chi connectivity index (χ3n) is 3.20. The summed E-state index contributed by atoms with van der Waals surface area (Å²) in [5.74, 6) is 1.80. The predicted octanol–water partition coefficient (Wildman–Crippen LogP) is 3.91. The minimum atomic E-state index is 0.0546. The Morgan fingerprint density at radius 3 is 2.65 bits per heavy atom. The first-order valence-electron chi connectivity index (χ1n) is 6.62. The minimum absolute atomic E-state index is 0.0546. The second-order valence-corrected chi connectivity index (χ2v) is 5.66. The van der Waals surface area contributed by atoms with E-state index in [4.69, 9.17) is 4.42 Å². The highest BCUT2D eigenvalue weighted by molar-refractivity contribution is 9.10. The van der Waals surface area contributed by atoms with Crippen LogP contribution in [0, 0.1) is 13.8 Å². The zero-order valence-electron chi connectivity index (χ0n) is 11.7. The van der Waals surface area contributed by atoms with Crippen molar-refractivity contribution in [1.82, 2.24) is 5.32 Å². The van der Waals surface area contributed by atoms with Gasteiger partial charge in [0.15, 0.2) is 0 Å². The number of nitrogens with one attached hydrogen (secondary N) is 1. The van der Waals surface area contributed by atoms with E-state index in [1.54, 1.807) is 0 Å². The van der Waals surface area contributed by atoms with Crippen molar-refractivity contribution in [1.29, 1.82) is 0 Å². The van der Waals surface area contributed by atoms with Crippen molar-refractivity contribution in [2.45, 2.75) is 33.2 Å². The zero-order valence-corrected chi connectivity index (χ0v) is 13.3. The first-order valence-corrected chi connectivity index (χ1v) is 7.41. The van der Waals surface area contributed by atoms with E-state index in [-0.39, 0.29) is 5.91 Å². The van der Waals surface area contributed by atoms with Crippen LogP contribution in [0.5, 0.6) is 0 Å². The fourth-order valence-electron chi connectivity index (χ4n) is 2.09. The Hall–Kier alpha value is -1.55. The van der Waals surface area contributed by atoms with E-state index < -0.39 is 0 Å². The van der Waals surface area contributed by atoms with Crippen LogP contribution in [0.25, 0.3) is 0 Å². The maximum absolute atomic E-state index is 11.9. The Morgan fingerprint density at radius 1 is 1.25 bits per heavy atom. The first-order chi connectivity index (χ1) is 9.56. The lowest BCUT2D eigenvalue weighted by molar-refractivity contribution is -0.121. The molecule has 0 atom stereocenters. The lowest BCUT2D eigenvalue weighted by atomic mass is 10.1. The average Bonchev–Trinajstić information content (AvgIpc) is 2.74. The number of aryl methyl sites for hydroxylation is 3. The Morgan fingerprint density at radius 2 is 2.00 bits per heavy atom. The summed E-state index contributed by atoms with van der Waals surface area (Å²) >= 11 is 3.49. The van der Waals surface area contributed by atoms with Gasteiger partial charge in [-0.1, -0.05) is 34.1 Å². The second-order valence-electron chi connectivity index (χ2n) is 4.81. The fraction of sp³-hybridized carbons (Fsp3) is 0.312. The molecule has 1 amide bonds. The summed E-state index contributed by atoms with van der Waals surface area (Å²) in [6, 6.07) is 9.93. The maximum Gasteiger partial charge on any atom is 0.220 e. The van der Waals surface area contributed by atoms with Crippen molar-refractivity contribution in [2.75, 3.05) is 0 Å². The molecule has 2 rings (SSSR count). The monoisotopic (exact) mass is 335 g/mol. The number of carbonyl (C=O) groups is 1. The molecule has 0 radical (unpaired) electrons. The van der Waals surface area contributed by atoms with E-state index in [9.17, 15) is 4.79 Å². The molecule has 0 saturated carbocycles. The standard InChI is InChI=1S/C16H18BrNO2/c1-11-9-14(12(2)20-11)10-18-16(19)8-7-13-5-3-4-6-15(13)17/h3-6,9H,7-8,10H2,1-2H3,(H,18,19). The van der Waals surface area contributed by atoms with Gasteiger partial charge in [-0.3, -0.25) is 4.79 Å². The van der Waals surface area contributed by atoms with Gasteiger partial charge in [-0.2, -0.15) is 0 Å². The van der Waals surface area contributed by atoms with E-state index >= 15 is 0 Å². The highest BCUT2D eigenvalue weighted by Gasteiger charge is 2.08. The van der Waals surface area contributed by atoms with Crippen molar-refractivity contribution in [3.05, 3.63) is 57.5 Å². The largest absolute Gasteiger partial charge is 0.466 e. The van der Waals surface area contributed by atoms with E-state index in [0.717, 1.165) is 33.5 Å². The molecule has 1 aromatic carbocycles. The number of rotatable bonds is 5. The number of benzene rings is 1. The Labute approximate surface area is 127 Å². The van der Waals surface area contributed by atoms with E-state index in [2.05, 4.69) is 21.2 Å². The van der Waals surface area contributed by atoms with E-state index in [0.29, 0.717) is 13.0 Å². The second kappa shape index (κ2) is 6.75. The molecule has 0 saturated heterocycles. The van der Waals surface area contributed by atoms with Gasteiger partial charge in [0.25, 0.3) is 0 Å². The maximum atomic E-state index is 11.9. The summed E-state index contributed by atoms with van der Waals surface area (Å²) < 4.78 is 6.48. The first kappa shape index (κ1) is 14.9. The third kappa shape index (κ3) is 3.97. The van der Waals surface area contributed by atoms with Gasteiger partial charge in [0.05, 0.1) is 0 Å². The van der Waals surface area contributed by atoms with Crippen LogP contribution >= 0.6 is 15.9 Å². The van der Waals surface area contributed by atoms with Crippen LogP contribution in [0.3, 0.4) is 0 Å². The molecule has 0 fully saturated rings. The molecule has 0 aliphatic carbocycles. The van der Waals surface area contributed by atoms with Gasteiger partial charge >= 0.3 is 0 Å². The molecule has 0 bridgehead atoms. The number of furan rings is 1. The van der Waals surface area contributed by atoms with Crippen LogP contribution in [0.2, 0.25) is 0 Å². The van der Waals surface area contributed by atoms with Crippen LogP contribution < -0.4 is 5.32 Å². The minimum Gasteiger partial charge on any atom is -0.466 e. The van der Waals surface area contributed by atoms with Crippen LogP contribution in [0.15, 0.2) is 39.2 Å². The van der Waals surface area contributed by atoms with Crippen molar-refractivity contribution in [3.63, 3.8) is 0 Å². The molecular formula is C16H18BrNO2. The number of carbonyl (C=O) groups excluding carboxylic acids is 1. The molecule has 0 aliphatic heterocycles. The number of halogens is 1. The molecule has 0 aliphatic rings. The molecule has 0 unspecified atom stereocenters. The summed E-state index contributed by atoms with van der Waals surface area (Å²) in [6.07, 6.45) is 1.22. The molecule has 1 aromatic heterocycles. The molecular weight excluding hydrogens is 318 g/mol. The highest BCUT2D eigenvalue weighted by atomic mass is 79.9. The third-order valence-corrected chi connectivity index (χ3v) is 3.97. The Balaban J connectivity index is 1.82. The Bertz CT molecular complexity index is 604. The smallest absolute Gasteiger partial charge is 0.220 e. The fourth-order valence-corrected chi connectivity index (χ4v) is 2.57. The summed E-state index contributed by atoms with van der Waals surface area (Å²) in [6.45, 7) is 4.35. The van der Waals surface area contributed by atoms with Gasteiger partial charge < -0.3 is 9.73 Å². The van der Waals surface area contributed by atoms with Crippen LogP contribution in [0.1, 0.15) is 29.1 Å². The van der Waals surface area contributed by atoms with Crippen molar-refractivity contribution < 1.29 is 9.21 Å². The number of hydrogen-bond donors (Lipinski definition) is 1. The SMILES string of the molecule is Cc1cc(CNC(=O)CCc2ccccc2Br)c(C)o1. The molecule has 20 heavy (non-hydrogen) atoms. The molecule has 3 nitrogen and oxygen atoms in total. The van der Waals surface area contributed by atoms with Crippen LogP contribution in [-0.4, -0.2) is 5.91 Å². The van der Waals surface area contributed by atoms with Gasteiger partial charge in [-0.15, -0.1) is 0 Å². The predicted molar refractivity (Wildman–Crippen MR) is 82.5 cm³/mol. The lowest BCUT2D eigenvalue weighted by Crippen LogP contribution is -2.23. The summed E-state index contributed by atoms with van der Waals surface area (Å²) in [4.78, 5) is 11.9. The summed E-state index contributed by atoms with van der Waals surface area (Å²) in [5, 5.41) is 2.93. The normalized spacial score (nSPS) is 10.6. The summed E-state index contributed by atoms with van der Waals surface area (Å²) in [7, 11) is 0. The highest BCUT2D eigenvalue weighted by Crippen LogP contribution is 2.17. The average molecular weight is 336 g/mol.